The lowest BCUT2D eigenvalue weighted by Gasteiger charge is -2.30. The molecule has 0 aliphatic carbocycles. The normalized spacial score (nSPS) is 19.4. The fraction of sp³-hybridized carbons (Fsp3) is 0.571. The van der Waals surface area contributed by atoms with Gasteiger partial charge in [0.05, 0.1) is 18.3 Å². The number of hydroxylamine groups is 2. The Balaban J connectivity index is 2.28. The summed E-state index contributed by atoms with van der Waals surface area (Å²) >= 11 is 0. The van der Waals surface area contributed by atoms with E-state index in [1.54, 1.807) is 0 Å². The predicted molar refractivity (Wildman–Crippen MR) is 68.9 cm³/mol. The lowest BCUT2D eigenvalue weighted by Crippen LogP contribution is -2.43. The van der Waals surface area contributed by atoms with E-state index in [0.717, 1.165) is 18.9 Å². The van der Waals surface area contributed by atoms with Gasteiger partial charge in [0.15, 0.2) is 0 Å². The molecule has 0 saturated carbocycles. The van der Waals surface area contributed by atoms with Gasteiger partial charge in [0, 0.05) is 12.6 Å². The van der Waals surface area contributed by atoms with Crippen LogP contribution in [0.1, 0.15) is 37.6 Å². The molecule has 1 aromatic rings. The molecule has 1 aliphatic rings. The molecule has 0 radical (unpaired) electrons. The van der Waals surface area contributed by atoms with Crippen LogP contribution in [0.4, 0.5) is 13.2 Å². The van der Waals surface area contributed by atoms with Crippen molar-refractivity contribution < 1.29 is 22.8 Å². The number of carbonyl (C=O) groups excluding carboxylic acids is 1. The fourth-order valence-electron chi connectivity index (χ4n) is 2.05. The van der Waals surface area contributed by atoms with Crippen molar-refractivity contribution in [2.45, 2.75) is 39.7 Å². The molecule has 21 heavy (non-hydrogen) atoms. The zero-order valence-corrected chi connectivity index (χ0v) is 12.1. The molecule has 1 fully saturated rings. The summed E-state index contributed by atoms with van der Waals surface area (Å²) in [5.74, 6) is -1.32. The Morgan fingerprint density at radius 3 is 2.76 bits per heavy atom. The van der Waals surface area contributed by atoms with Gasteiger partial charge < -0.3 is 0 Å². The zero-order chi connectivity index (χ0) is 15.8. The second-order valence-electron chi connectivity index (χ2n) is 5.63. The van der Waals surface area contributed by atoms with Crippen molar-refractivity contribution in [2.75, 3.05) is 6.61 Å². The van der Waals surface area contributed by atoms with Crippen molar-refractivity contribution in [3.63, 3.8) is 0 Å². The maximum atomic E-state index is 13.6. The number of nitrogens with zero attached hydrogens (tertiary/aromatic N) is 2. The monoisotopic (exact) mass is 302 g/mol. The van der Waals surface area contributed by atoms with E-state index in [2.05, 4.69) is 4.98 Å². The first-order valence-electron chi connectivity index (χ1n) is 6.62. The number of aromatic nitrogens is 1. The molecule has 0 aromatic carbocycles. The number of alkyl halides is 2. The number of aryl methyl sites for hydroxylation is 1. The van der Waals surface area contributed by atoms with Crippen molar-refractivity contribution in [2.24, 2.45) is 5.41 Å². The van der Waals surface area contributed by atoms with Gasteiger partial charge in [-0.1, -0.05) is 0 Å². The molecule has 0 bridgehead atoms. The van der Waals surface area contributed by atoms with Gasteiger partial charge in [-0.3, -0.25) is 14.6 Å². The van der Waals surface area contributed by atoms with Gasteiger partial charge in [-0.05, 0) is 32.4 Å². The van der Waals surface area contributed by atoms with E-state index in [-0.39, 0.29) is 12.3 Å². The standard InChI is InChI=1S/C14H17F3N2O2/c1-8-10(15)6-9(7-18-8)11-4-5-21-19(11)13(20)14(2,3)12(16)17/h6-7,11-12H,4-5H2,1-3H3. The minimum Gasteiger partial charge on any atom is -0.272 e. The van der Waals surface area contributed by atoms with Crippen molar-refractivity contribution in [1.29, 1.82) is 0 Å². The Morgan fingerprint density at radius 2 is 2.19 bits per heavy atom. The van der Waals surface area contributed by atoms with Gasteiger partial charge in [0.2, 0.25) is 0 Å². The Kier molecular flexibility index (Phi) is 4.22. The zero-order valence-electron chi connectivity index (χ0n) is 12.1. The molecule has 1 aliphatic heterocycles. The minimum absolute atomic E-state index is 0.214. The van der Waals surface area contributed by atoms with E-state index < -0.39 is 29.6 Å². The summed E-state index contributed by atoms with van der Waals surface area (Å²) in [5.41, 5.74) is -1.18. The van der Waals surface area contributed by atoms with Crippen molar-refractivity contribution in [3.8, 4) is 0 Å². The van der Waals surface area contributed by atoms with E-state index >= 15 is 0 Å². The van der Waals surface area contributed by atoms with Crippen LogP contribution >= 0.6 is 0 Å². The Morgan fingerprint density at radius 1 is 1.52 bits per heavy atom. The summed E-state index contributed by atoms with van der Waals surface area (Å²) in [6, 6.07) is 0.662. The van der Waals surface area contributed by atoms with Crippen LogP contribution in [0.3, 0.4) is 0 Å². The van der Waals surface area contributed by atoms with E-state index in [9.17, 15) is 18.0 Å². The fourth-order valence-corrected chi connectivity index (χ4v) is 2.05. The maximum absolute atomic E-state index is 13.6. The van der Waals surface area contributed by atoms with E-state index in [1.165, 1.54) is 19.2 Å². The van der Waals surface area contributed by atoms with E-state index in [4.69, 9.17) is 4.84 Å². The molecule has 2 rings (SSSR count). The van der Waals surface area contributed by atoms with Crippen LogP contribution in [0.25, 0.3) is 0 Å². The highest BCUT2D eigenvalue weighted by molar-refractivity contribution is 5.82. The van der Waals surface area contributed by atoms with Crippen LogP contribution in [-0.2, 0) is 9.63 Å². The van der Waals surface area contributed by atoms with Gasteiger partial charge >= 0.3 is 0 Å². The van der Waals surface area contributed by atoms with Crippen molar-refractivity contribution >= 4 is 5.91 Å². The second kappa shape index (κ2) is 5.63. The highest BCUT2D eigenvalue weighted by Crippen LogP contribution is 2.36. The molecular formula is C14H17F3N2O2. The number of rotatable bonds is 3. The van der Waals surface area contributed by atoms with Gasteiger partial charge in [-0.15, -0.1) is 0 Å². The third-order valence-electron chi connectivity index (χ3n) is 3.63. The highest BCUT2D eigenvalue weighted by Gasteiger charge is 2.45. The molecule has 1 atom stereocenters. The SMILES string of the molecule is Cc1ncc(C2CCON2C(=O)C(C)(C)C(F)F)cc1F. The molecule has 7 heteroatoms. The molecule has 116 valence electrons. The number of hydrogen-bond donors (Lipinski definition) is 0. The summed E-state index contributed by atoms with van der Waals surface area (Å²) < 4.78 is 39.6. The van der Waals surface area contributed by atoms with Crippen LogP contribution in [0.5, 0.6) is 0 Å². The molecule has 1 amide bonds. The number of hydrogen-bond acceptors (Lipinski definition) is 3. The number of amides is 1. The quantitative estimate of drug-likeness (QED) is 0.862. The number of halogens is 3. The summed E-state index contributed by atoms with van der Waals surface area (Å²) in [7, 11) is 0. The van der Waals surface area contributed by atoms with E-state index in [0.29, 0.717) is 12.0 Å². The van der Waals surface area contributed by atoms with Crippen molar-refractivity contribution in [3.05, 3.63) is 29.3 Å². The third kappa shape index (κ3) is 2.88. The Labute approximate surface area is 120 Å². The summed E-state index contributed by atoms with van der Waals surface area (Å²) in [5, 5.41) is 0.929. The molecule has 2 heterocycles. The molecule has 1 unspecified atom stereocenters. The average molecular weight is 302 g/mol. The molecule has 1 saturated heterocycles. The number of carbonyl (C=O) groups is 1. The lowest BCUT2D eigenvalue weighted by molar-refractivity contribution is -0.194. The summed E-state index contributed by atoms with van der Waals surface area (Å²) in [6.45, 7) is 4.05. The number of pyridine rings is 1. The van der Waals surface area contributed by atoms with Crippen LogP contribution < -0.4 is 0 Å². The lowest BCUT2D eigenvalue weighted by atomic mass is 9.92. The Bertz CT molecular complexity index is 549. The minimum atomic E-state index is -2.82. The van der Waals surface area contributed by atoms with Gasteiger partial charge in [0.25, 0.3) is 12.3 Å². The summed E-state index contributed by atoms with van der Waals surface area (Å²) in [4.78, 5) is 21.3. The van der Waals surface area contributed by atoms with Gasteiger partial charge in [-0.25, -0.2) is 18.2 Å². The van der Waals surface area contributed by atoms with Crippen LogP contribution in [-0.4, -0.2) is 29.0 Å². The molecule has 1 aromatic heterocycles. The highest BCUT2D eigenvalue weighted by atomic mass is 19.3. The van der Waals surface area contributed by atoms with Gasteiger partial charge in [-0.2, -0.15) is 0 Å². The molecular weight excluding hydrogens is 285 g/mol. The molecule has 4 nitrogen and oxygen atoms in total. The Hall–Kier alpha value is -1.63. The first-order valence-corrected chi connectivity index (χ1v) is 6.62. The van der Waals surface area contributed by atoms with Crippen LogP contribution in [0.15, 0.2) is 12.3 Å². The largest absolute Gasteiger partial charge is 0.272 e. The molecule has 0 N–H and O–H groups in total. The van der Waals surface area contributed by atoms with Crippen LogP contribution in [0.2, 0.25) is 0 Å². The summed E-state index contributed by atoms with van der Waals surface area (Å²) in [6.07, 6.45) is -0.967. The first-order chi connectivity index (χ1) is 9.75. The predicted octanol–water partition coefficient (Wildman–Crippen LogP) is 3.03. The molecule has 0 spiro atoms. The van der Waals surface area contributed by atoms with Crippen molar-refractivity contribution in [1.82, 2.24) is 10.0 Å². The maximum Gasteiger partial charge on any atom is 0.258 e. The average Bonchev–Trinajstić information content (AvgIpc) is 2.89. The first kappa shape index (κ1) is 15.8. The topological polar surface area (TPSA) is 42.4 Å². The van der Waals surface area contributed by atoms with Gasteiger partial charge in [0.1, 0.15) is 11.2 Å². The van der Waals surface area contributed by atoms with Crippen LogP contribution in [0, 0.1) is 18.2 Å². The third-order valence-corrected chi connectivity index (χ3v) is 3.63. The second-order valence-corrected chi connectivity index (χ2v) is 5.63. The van der Waals surface area contributed by atoms with E-state index in [1.807, 2.05) is 0 Å². The smallest absolute Gasteiger partial charge is 0.258 e.